The molecule has 2 N–H and O–H groups in total. The molecule has 2 unspecified atom stereocenters. The average Bonchev–Trinajstić information content (AvgIpc) is 2.10. The van der Waals surface area contributed by atoms with E-state index >= 15 is 0 Å². The van der Waals surface area contributed by atoms with Crippen LogP contribution in [0, 0.1) is 5.41 Å². The number of nitrogens with zero attached hydrogens (tertiary/aromatic N) is 1. The van der Waals surface area contributed by atoms with Gasteiger partial charge in [-0.15, -0.1) is 0 Å². The third-order valence-corrected chi connectivity index (χ3v) is 3.16. The topological polar surface area (TPSA) is 29.3 Å². The summed E-state index contributed by atoms with van der Waals surface area (Å²) in [6.45, 7) is 15.5. The van der Waals surface area contributed by atoms with Crippen molar-refractivity contribution in [1.82, 2.24) is 4.90 Å². The SMILES string of the molecule is CCC(C)N(CC)CC(N)C(C)(C)C. The highest BCUT2D eigenvalue weighted by molar-refractivity contribution is 4.81. The quantitative estimate of drug-likeness (QED) is 0.739. The monoisotopic (exact) mass is 200 g/mol. The molecule has 2 atom stereocenters. The molecule has 0 aromatic heterocycles. The van der Waals surface area contributed by atoms with Gasteiger partial charge < -0.3 is 5.73 Å². The average molecular weight is 200 g/mol. The van der Waals surface area contributed by atoms with Crippen LogP contribution in [0.1, 0.15) is 48.0 Å². The summed E-state index contributed by atoms with van der Waals surface area (Å²) < 4.78 is 0. The van der Waals surface area contributed by atoms with Crippen molar-refractivity contribution in [2.24, 2.45) is 11.1 Å². The molecule has 0 aliphatic carbocycles. The smallest absolute Gasteiger partial charge is 0.0217 e. The van der Waals surface area contributed by atoms with Gasteiger partial charge in [0, 0.05) is 18.6 Å². The van der Waals surface area contributed by atoms with Crippen LogP contribution in [0.15, 0.2) is 0 Å². The van der Waals surface area contributed by atoms with Crippen molar-refractivity contribution in [2.75, 3.05) is 13.1 Å². The molecular formula is C12H28N2. The summed E-state index contributed by atoms with van der Waals surface area (Å²) in [5.74, 6) is 0. The molecule has 86 valence electrons. The zero-order valence-corrected chi connectivity index (χ0v) is 10.8. The van der Waals surface area contributed by atoms with Gasteiger partial charge in [-0.1, -0.05) is 34.6 Å². The summed E-state index contributed by atoms with van der Waals surface area (Å²) in [5.41, 5.74) is 6.39. The molecule has 2 nitrogen and oxygen atoms in total. The Hall–Kier alpha value is -0.0800. The third-order valence-electron chi connectivity index (χ3n) is 3.16. The summed E-state index contributed by atoms with van der Waals surface area (Å²) in [7, 11) is 0. The lowest BCUT2D eigenvalue weighted by molar-refractivity contribution is 0.162. The number of nitrogens with two attached hydrogens (primary N) is 1. The van der Waals surface area contributed by atoms with Crippen LogP contribution in [-0.2, 0) is 0 Å². The van der Waals surface area contributed by atoms with Crippen molar-refractivity contribution in [3.05, 3.63) is 0 Å². The molecular weight excluding hydrogens is 172 g/mol. The van der Waals surface area contributed by atoms with Crippen LogP contribution in [0.25, 0.3) is 0 Å². The highest BCUT2D eigenvalue weighted by Gasteiger charge is 2.23. The van der Waals surface area contributed by atoms with Crippen molar-refractivity contribution < 1.29 is 0 Å². The number of rotatable bonds is 5. The van der Waals surface area contributed by atoms with Gasteiger partial charge in [0.1, 0.15) is 0 Å². The fourth-order valence-electron chi connectivity index (χ4n) is 1.41. The number of hydrogen-bond donors (Lipinski definition) is 1. The van der Waals surface area contributed by atoms with Gasteiger partial charge in [-0.25, -0.2) is 0 Å². The minimum Gasteiger partial charge on any atom is -0.326 e. The molecule has 0 aliphatic rings. The number of likely N-dealkylation sites (N-methyl/N-ethyl adjacent to an activating group) is 1. The molecule has 0 saturated heterocycles. The first-order valence-corrected chi connectivity index (χ1v) is 5.82. The second-order valence-electron chi connectivity index (χ2n) is 5.32. The van der Waals surface area contributed by atoms with Gasteiger partial charge in [0.25, 0.3) is 0 Å². The van der Waals surface area contributed by atoms with Crippen molar-refractivity contribution in [3.8, 4) is 0 Å². The van der Waals surface area contributed by atoms with Gasteiger partial charge in [-0.2, -0.15) is 0 Å². The predicted molar refractivity (Wildman–Crippen MR) is 64.4 cm³/mol. The van der Waals surface area contributed by atoms with Gasteiger partial charge in [-0.05, 0) is 25.3 Å². The summed E-state index contributed by atoms with van der Waals surface area (Å²) in [4.78, 5) is 2.47. The van der Waals surface area contributed by atoms with E-state index < -0.39 is 0 Å². The Labute approximate surface area is 89.9 Å². The lowest BCUT2D eigenvalue weighted by Gasteiger charge is -2.35. The van der Waals surface area contributed by atoms with E-state index in [9.17, 15) is 0 Å². The molecule has 0 amide bonds. The lowest BCUT2D eigenvalue weighted by Crippen LogP contribution is -2.47. The highest BCUT2D eigenvalue weighted by atomic mass is 15.2. The highest BCUT2D eigenvalue weighted by Crippen LogP contribution is 2.19. The molecule has 2 heteroatoms. The van der Waals surface area contributed by atoms with Crippen LogP contribution >= 0.6 is 0 Å². The van der Waals surface area contributed by atoms with Crippen LogP contribution in [0.3, 0.4) is 0 Å². The van der Waals surface area contributed by atoms with Gasteiger partial charge in [0.05, 0.1) is 0 Å². The van der Waals surface area contributed by atoms with E-state index in [1.807, 2.05) is 0 Å². The Bertz CT molecular complexity index is 149. The van der Waals surface area contributed by atoms with Gasteiger partial charge in [0.2, 0.25) is 0 Å². The molecule has 0 saturated carbocycles. The maximum absolute atomic E-state index is 6.18. The third kappa shape index (κ3) is 4.43. The Morgan fingerprint density at radius 2 is 1.71 bits per heavy atom. The molecule has 0 fully saturated rings. The van der Waals surface area contributed by atoms with Gasteiger partial charge in [0.15, 0.2) is 0 Å². The molecule has 0 aromatic rings. The largest absolute Gasteiger partial charge is 0.326 e. The van der Waals surface area contributed by atoms with E-state index in [0.717, 1.165) is 13.1 Å². The molecule has 0 spiro atoms. The molecule has 14 heavy (non-hydrogen) atoms. The zero-order chi connectivity index (χ0) is 11.4. The predicted octanol–water partition coefficient (Wildman–Crippen LogP) is 2.48. The van der Waals surface area contributed by atoms with E-state index in [4.69, 9.17) is 5.73 Å². The van der Waals surface area contributed by atoms with Crippen LogP contribution < -0.4 is 5.73 Å². The Kier molecular flexibility index (Phi) is 5.68. The lowest BCUT2D eigenvalue weighted by atomic mass is 9.87. The van der Waals surface area contributed by atoms with Crippen LogP contribution in [-0.4, -0.2) is 30.1 Å². The normalized spacial score (nSPS) is 17.1. The standard InChI is InChI=1S/C12H28N2/c1-7-10(3)14(8-2)9-11(13)12(4,5)6/h10-11H,7-9,13H2,1-6H3. The van der Waals surface area contributed by atoms with E-state index in [-0.39, 0.29) is 11.5 Å². The van der Waals surface area contributed by atoms with Crippen LogP contribution in [0.2, 0.25) is 0 Å². The Morgan fingerprint density at radius 3 is 2.00 bits per heavy atom. The first kappa shape index (κ1) is 13.9. The Morgan fingerprint density at radius 1 is 1.21 bits per heavy atom. The second kappa shape index (κ2) is 5.72. The van der Waals surface area contributed by atoms with E-state index in [1.54, 1.807) is 0 Å². The maximum atomic E-state index is 6.18. The second-order valence-corrected chi connectivity index (χ2v) is 5.32. The summed E-state index contributed by atoms with van der Waals surface area (Å²) in [6.07, 6.45) is 1.20. The zero-order valence-electron chi connectivity index (χ0n) is 10.8. The van der Waals surface area contributed by atoms with Crippen molar-refractivity contribution in [2.45, 2.75) is 60.0 Å². The first-order chi connectivity index (χ1) is 6.32. The molecule has 0 heterocycles. The molecule has 0 rings (SSSR count). The molecule has 0 radical (unpaired) electrons. The molecule has 0 aliphatic heterocycles. The van der Waals surface area contributed by atoms with Gasteiger partial charge >= 0.3 is 0 Å². The van der Waals surface area contributed by atoms with Crippen LogP contribution in [0.5, 0.6) is 0 Å². The minimum atomic E-state index is 0.209. The molecule has 0 aromatic carbocycles. The fraction of sp³-hybridized carbons (Fsp3) is 1.00. The molecule has 0 bridgehead atoms. The number of hydrogen-bond acceptors (Lipinski definition) is 2. The Balaban J connectivity index is 4.18. The van der Waals surface area contributed by atoms with E-state index in [2.05, 4.69) is 46.4 Å². The minimum absolute atomic E-state index is 0.209. The van der Waals surface area contributed by atoms with Crippen molar-refractivity contribution in [1.29, 1.82) is 0 Å². The summed E-state index contributed by atoms with van der Waals surface area (Å²) in [6, 6.07) is 0.907. The first-order valence-electron chi connectivity index (χ1n) is 5.82. The van der Waals surface area contributed by atoms with Gasteiger partial charge in [-0.3, -0.25) is 4.90 Å². The van der Waals surface area contributed by atoms with Crippen LogP contribution in [0.4, 0.5) is 0 Å². The fourth-order valence-corrected chi connectivity index (χ4v) is 1.41. The summed E-state index contributed by atoms with van der Waals surface area (Å²) >= 11 is 0. The van der Waals surface area contributed by atoms with Crippen molar-refractivity contribution >= 4 is 0 Å². The van der Waals surface area contributed by atoms with E-state index in [1.165, 1.54) is 6.42 Å². The summed E-state index contributed by atoms with van der Waals surface area (Å²) in [5, 5.41) is 0. The van der Waals surface area contributed by atoms with Crippen molar-refractivity contribution in [3.63, 3.8) is 0 Å². The van der Waals surface area contributed by atoms with E-state index in [0.29, 0.717) is 6.04 Å². The maximum Gasteiger partial charge on any atom is 0.0217 e.